The summed E-state index contributed by atoms with van der Waals surface area (Å²) in [6.45, 7) is 12.5. The Kier molecular flexibility index (Phi) is 4.83. The Bertz CT molecular complexity index is 491. The van der Waals surface area contributed by atoms with Crippen LogP contribution in [0.25, 0.3) is 0 Å². The highest BCUT2D eigenvalue weighted by atomic mass is 15.0. The fourth-order valence-electron chi connectivity index (χ4n) is 2.02. The summed E-state index contributed by atoms with van der Waals surface area (Å²) in [5, 5.41) is 3.28. The van der Waals surface area contributed by atoms with Gasteiger partial charge >= 0.3 is 0 Å². The predicted molar refractivity (Wildman–Crippen MR) is 87.0 cm³/mol. The van der Waals surface area contributed by atoms with Crippen LogP contribution in [0.2, 0.25) is 0 Å². The number of anilines is 1. The Morgan fingerprint density at radius 1 is 1.33 bits per heavy atom. The zero-order valence-corrected chi connectivity index (χ0v) is 12.4. The van der Waals surface area contributed by atoms with Gasteiger partial charge in [-0.1, -0.05) is 37.5 Å². The third-order valence-corrected chi connectivity index (χ3v) is 3.29. The molecule has 2 nitrogen and oxygen atoms in total. The van der Waals surface area contributed by atoms with Crippen molar-refractivity contribution >= 4 is 32.4 Å². The molecule has 1 aromatic heterocycles. The third-order valence-electron chi connectivity index (χ3n) is 3.29. The van der Waals surface area contributed by atoms with E-state index in [9.17, 15) is 0 Å². The second-order valence-electron chi connectivity index (χ2n) is 5.03. The fraction of sp³-hybridized carbons (Fsp3) is 0.357. The topological polar surface area (TPSA) is 24.9 Å². The van der Waals surface area contributed by atoms with E-state index >= 15 is 0 Å². The summed E-state index contributed by atoms with van der Waals surface area (Å²) in [6, 6.07) is 0. The second-order valence-corrected chi connectivity index (χ2v) is 5.03. The highest BCUT2D eigenvalue weighted by Crippen LogP contribution is 2.13. The molecule has 1 N–H and O–H groups in total. The van der Waals surface area contributed by atoms with Crippen LogP contribution in [0.3, 0.4) is 0 Å². The van der Waals surface area contributed by atoms with Gasteiger partial charge in [-0.2, -0.15) is 0 Å². The lowest BCUT2D eigenvalue weighted by molar-refractivity contribution is 0.832. The minimum atomic E-state index is 0.430. The lowest BCUT2D eigenvalue weighted by Crippen LogP contribution is -2.29. The quantitative estimate of drug-likeness (QED) is 0.613. The average Bonchev–Trinajstić information content (AvgIpc) is 2.30. The number of pyridine rings is 1. The lowest BCUT2D eigenvalue weighted by atomic mass is 9.79. The van der Waals surface area contributed by atoms with E-state index in [4.69, 9.17) is 4.98 Å². The molecule has 0 fully saturated rings. The number of rotatable bonds is 4. The van der Waals surface area contributed by atoms with Gasteiger partial charge in [-0.15, -0.1) is 0 Å². The Hall–Kier alpha value is -1.44. The molecule has 1 aromatic rings. The Morgan fingerprint density at radius 3 is 2.44 bits per heavy atom. The van der Waals surface area contributed by atoms with Crippen LogP contribution in [0.15, 0.2) is 24.4 Å². The molecule has 1 rings (SSSR count). The average molecular weight is 240 g/mol. The summed E-state index contributed by atoms with van der Waals surface area (Å²) in [5.74, 6) is 1.35. The SMILES string of the molecule is Bc1c(NC(=C)/C=C\C)nc(C(C)C)c(B)c1C. The number of nitrogens with one attached hydrogen (secondary N) is 1. The van der Waals surface area contributed by atoms with E-state index in [2.05, 4.69) is 48.4 Å². The summed E-state index contributed by atoms with van der Waals surface area (Å²) in [6.07, 6.45) is 3.92. The first kappa shape index (κ1) is 14.6. The molecule has 0 unspecified atom stereocenters. The van der Waals surface area contributed by atoms with Gasteiger partial charge in [0.1, 0.15) is 21.5 Å². The smallest absolute Gasteiger partial charge is 0.144 e. The van der Waals surface area contributed by atoms with Gasteiger partial charge in [0, 0.05) is 11.4 Å². The van der Waals surface area contributed by atoms with Gasteiger partial charge in [-0.3, -0.25) is 0 Å². The van der Waals surface area contributed by atoms with Crippen LogP contribution in [-0.2, 0) is 0 Å². The first-order valence-electron chi connectivity index (χ1n) is 6.44. The summed E-state index contributed by atoms with van der Waals surface area (Å²) < 4.78 is 0. The van der Waals surface area contributed by atoms with E-state index < -0.39 is 0 Å². The van der Waals surface area contributed by atoms with Gasteiger partial charge < -0.3 is 5.32 Å². The van der Waals surface area contributed by atoms with Crippen LogP contribution < -0.4 is 16.2 Å². The van der Waals surface area contributed by atoms with Crippen LogP contribution >= 0.6 is 0 Å². The van der Waals surface area contributed by atoms with Gasteiger partial charge in [0.15, 0.2) is 0 Å². The van der Waals surface area contributed by atoms with Crippen molar-refractivity contribution in [2.45, 2.75) is 33.6 Å². The maximum absolute atomic E-state index is 4.75. The maximum atomic E-state index is 4.75. The van der Waals surface area contributed by atoms with Crippen molar-refractivity contribution in [1.29, 1.82) is 0 Å². The zero-order valence-electron chi connectivity index (χ0n) is 12.4. The van der Waals surface area contributed by atoms with Crippen LogP contribution in [0.4, 0.5) is 5.82 Å². The molecule has 0 atom stereocenters. The van der Waals surface area contributed by atoms with Crippen LogP contribution in [0.1, 0.15) is 37.9 Å². The molecule has 0 radical (unpaired) electrons. The molecule has 94 valence electrons. The Labute approximate surface area is 112 Å². The van der Waals surface area contributed by atoms with E-state index in [1.54, 1.807) is 0 Å². The minimum Gasteiger partial charge on any atom is -0.341 e. The molecule has 0 bridgehead atoms. The highest BCUT2D eigenvalue weighted by molar-refractivity contribution is 6.42. The summed E-state index contributed by atoms with van der Waals surface area (Å²) >= 11 is 0. The maximum Gasteiger partial charge on any atom is 0.144 e. The zero-order chi connectivity index (χ0) is 13.9. The first-order valence-corrected chi connectivity index (χ1v) is 6.44. The molecule has 4 heteroatoms. The Balaban J connectivity index is 3.24. The van der Waals surface area contributed by atoms with Crippen molar-refractivity contribution in [3.8, 4) is 0 Å². The normalized spacial score (nSPS) is 11.2. The summed E-state index contributed by atoms with van der Waals surface area (Å²) in [4.78, 5) is 4.75. The first-order chi connectivity index (χ1) is 8.38. The fourth-order valence-corrected chi connectivity index (χ4v) is 2.02. The van der Waals surface area contributed by atoms with E-state index in [1.807, 2.05) is 19.1 Å². The number of allylic oxidation sites excluding steroid dienone is 2. The Morgan fingerprint density at radius 2 is 1.94 bits per heavy atom. The molecule has 0 amide bonds. The highest BCUT2D eigenvalue weighted by Gasteiger charge is 2.13. The molecular formula is C14H22B2N2. The van der Waals surface area contributed by atoms with Crippen molar-refractivity contribution in [3.63, 3.8) is 0 Å². The lowest BCUT2D eigenvalue weighted by Gasteiger charge is -2.18. The van der Waals surface area contributed by atoms with Crippen molar-refractivity contribution in [2.24, 2.45) is 0 Å². The van der Waals surface area contributed by atoms with Gasteiger partial charge in [-0.05, 0) is 31.3 Å². The molecule has 0 saturated carbocycles. The largest absolute Gasteiger partial charge is 0.341 e. The second kappa shape index (κ2) is 5.94. The minimum absolute atomic E-state index is 0.430. The summed E-state index contributed by atoms with van der Waals surface area (Å²) in [7, 11) is 4.25. The van der Waals surface area contributed by atoms with E-state index in [-0.39, 0.29) is 0 Å². The number of nitrogens with zero attached hydrogens (tertiary/aromatic N) is 1. The van der Waals surface area contributed by atoms with Gasteiger partial charge in [-0.25, -0.2) is 4.98 Å². The van der Waals surface area contributed by atoms with E-state index in [1.165, 1.54) is 16.5 Å². The molecule has 18 heavy (non-hydrogen) atoms. The molecule has 0 aliphatic rings. The molecule has 1 heterocycles. The van der Waals surface area contributed by atoms with Crippen LogP contribution in [-0.4, -0.2) is 20.7 Å². The number of aromatic nitrogens is 1. The van der Waals surface area contributed by atoms with Crippen molar-refractivity contribution < 1.29 is 0 Å². The van der Waals surface area contributed by atoms with E-state index in [0.29, 0.717) is 5.92 Å². The predicted octanol–water partition coefficient (Wildman–Crippen LogP) is 0.532. The van der Waals surface area contributed by atoms with Crippen molar-refractivity contribution in [3.05, 3.63) is 35.7 Å². The molecular weight excluding hydrogens is 218 g/mol. The van der Waals surface area contributed by atoms with Gasteiger partial charge in [0.2, 0.25) is 0 Å². The molecule has 0 aliphatic heterocycles. The van der Waals surface area contributed by atoms with Crippen molar-refractivity contribution in [1.82, 2.24) is 4.98 Å². The van der Waals surface area contributed by atoms with E-state index in [0.717, 1.165) is 17.2 Å². The van der Waals surface area contributed by atoms with Crippen molar-refractivity contribution in [2.75, 3.05) is 5.32 Å². The monoisotopic (exact) mass is 240 g/mol. The third kappa shape index (κ3) is 3.06. The van der Waals surface area contributed by atoms with Crippen LogP contribution in [0.5, 0.6) is 0 Å². The molecule has 0 saturated heterocycles. The van der Waals surface area contributed by atoms with Gasteiger partial charge in [0.05, 0.1) is 0 Å². The standard InChI is InChI=1S/C14H22B2N2/c1-6-7-9(4)17-14-12(16)10(5)11(15)13(18-14)8(2)3/h6-8H,4,15-16H2,1-3,5H3,(H,17,18)/b7-6-. The molecule has 0 aromatic carbocycles. The molecule has 0 aliphatic carbocycles. The van der Waals surface area contributed by atoms with Crippen LogP contribution in [0, 0.1) is 6.92 Å². The van der Waals surface area contributed by atoms with Gasteiger partial charge in [0.25, 0.3) is 0 Å². The number of hydrogen-bond donors (Lipinski definition) is 1. The molecule has 0 spiro atoms. The number of hydrogen-bond acceptors (Lipinski definition) is 2. The summed E-state index contributed by atoms with van der Waals surface area (Å²) in [5.41, 5.74) is 5.83.